The molecule has 2 aromatic carbocycles. The van der Waals surface area contributed by atoms with Gasteiger partial charge in [0.25, 0.3) is 5.92 Å². The Hall–Kier alpha value is -2.48. The molecule has 2 rings (SSSR count). The van der Waals surface area contributed by atoms with E-state index < -0.39 is 54.2 Å². The third-order valence-corrected chi connectivity index (χ3v) is 5.60. The molecule has 176 valence electrons. The van der Waals surface area contributed by atoms with E-state index in [4.69, 9.17) is 0 Å². The van der Waals surface area contributed by atoms with Crippen LogP contribution >= 0.6 is 0 Å². The number of alkyl halides is 2. The summed E-state index contributed by atoms with van der Waals surface area (Å²) in [5.74, 6) is -6.48. The maximum atomic E-state index is 15.0. The second-order valence-corrected chi connectivity index (χ2v) is 7.99. The summed E-state index contributed by atoms with van der Waals surface area (Å²) in [4.78, 5) is 14.4. The van der Waals surface area contributed by atoms with Gasteiger partial charge in [-0.1, -0.05) is 32.0 Å². The molecular formula is C24H29F5N2O. The molecule has 0 heterocycles. The van der Waals surface area contributed by atoms with Crippen molar-refractivity contribution < 1.29 is 26.7 Å². The maximum Gasteiger partial charge on any atom is 0.269 e. The first kappa shape index (κ1) is 25.8. The van der Waals surface area contributed by atoms with Gasteiger partial charge in [0.1, 0.15) is 23.5 Å². The molecule has 1 N–H and O–H groups in total. The van der Waals surface area contributed by atoms with Gasteiger partial charge in [-0.05, 0) is 50.2 Å². The third-order valence-electron chi connectivity index (χ3n) is 5.60. The zero-order valence-electron chi connectivity index (χ0n) is 18.7. The van der Waals surface area contributed by atoms with Crippen LogP contribution in [0.15, 0.2) is 36.4 Å². The number of carbonyl (C=O) groups is 1. The predicted octanol–water partition coefficient (Wildman–Crippen LogP) is 5.57. The number of nitrogens with one attached hydrogen (secondary N) is 1. The highest BCUT2D eigenvalue weighted by Crippen LogP contribution is 2.29. The summed E-state index contributed by atoms with van der Waals surface area (Å²) < 4.78 is 71.3. The molecule has 1 amide bonds. The summed E-state index contributed by atoms with van der Waals surface area (Å²) in [5, 5.41) is 2.38. The Morgan fingerprint density at radius 1 is 1.09 bits per heavy atom. The Morgan fingerprint density at radius 3 is 2.28 bits per heavy atom. The van der Waals surface area contributed by atoms with Gasteiger partial charge in [-0.3, -0.25) is 4.79 Å². The Morgan fingerprint density at radius 2 is 1.72 bits per heavy atom. The number of benzene rings is 2. The largest absolute Gasteiger partial charge is 0.345 e. The van der Waals surface area contributed by atoms with Crippen LogP contribution in [-0.4, -0.2) is 42.4 Å². The third kappa shape index (κ3) is 6.28. The fourth-order valence-corrected chi connectivity index (χ4v) is 3.66. The normalized spacial score (nSPS) is 13.8. The Labute approximate surface area is 185 Å². The molecule has 0 aliphatic heterocycles. The van der Waals surface area contributed by atoms with Crippen LogP contribution in [0.1, 0.15) is 39.2 Å². The van der Waals surface area contributed by atoms with Crippen molar-refractivity contribution in [3.05, 3.63) is 59.4 Å². The average molecular weight is 456 g/mol. The molecule has 0 bridgehead atoms. The van der Waals surface area contributed by atoms with E-state index in [1.165, 1.54) is 25.1 Å². The number of hydrogen-bond acceptors (Lipinski definition) is 2. The van der Waals surface area contributed by atoms with Crippen molar-refractivity contribution in [3.8, 4) is 11.1 Å². The molecule has 3 nitrogen and oxygen atoms in total. The predicted molar refractivity (Wildman–Crippen MR) is 115 cm³/mol. The van der Waals surface area contributed by atoms with Gasteiger partial charge in [-0.15, -0.1) is 0 Å². The molecule has 0 aliphatic rings. The fraction of sp³-hybridized carbons (Fsp3) is 0.458. The molecule has 0 saturated carbocycles. The molecule has 0 fully saturated rings. The van der Waals surface area contributed by atoms with Crippen LogP contribution in [0.2, 0.25) is 0 Å². The smallest absolute Gasteiger partial charge is 0.269 e. The van der Waals surface area contributed by atoms with Crippen LogP contribution in [-0.2, 0) is 11.2 Å². The van der Waals surface area contributed by atoms with Gasteiger partial charge in [-0.25, -0.2) is 22.0 Å². The van der Waals surface area contributed by atoms with Crippen molar-refractivity contribution in [3.63, 3.8) is 0 Å². The summed E-state index contributed by atoms with van der Waals surface area (Å²) in [5.41, 5.74) is -0.162. The molecule has 0 saturated heterocycles. The number of amides is 1. The van der Waals surface area contributed by atoms with Gasteiger partial charge in [0, 0.05) is 24.1 Å². The van der Waals surface area contributed by atoms with Crippen molar-refractivity contribution in [2.75, 3.05) is 13.6 Å². The van der Waals surface area contributed by atoms with Gasteiger partial charge < -0.3 is 10.2 Å². The Kier molecular flexibility index (Phi) is 8.78. The summed E-state index contributed by atoms with van der Waals surface area (Å²) in [6.45, 7) is 5.46. The van der Waals surface area contributed by atoms with E-state index in [9.17, 15) is 22.4 Å². The summed E-state index contributed by atoms with van der Waals surface area (Å²) in [6, 6.07) is 4.64. The quantitative estimate of drug-likeness (QED) is 0.474. The highest BCUT2D eigenvalue weighted by molar-refractivity contribution is 5.80. The lowest BCUT2D eigenvalue weighted by molar-refractivity contribution is -0.127. The van der Waals surface area contributed by atoms with Gasteiger partial charge in [-0.2, -0.15) is 0 Å². The lowest BCUT2D eigenvalue weighted by Crippen LogP contribution is -2.58. The van der Waals surface area contributed by atoms with Crippen LogP contribution in [0.3, 0.4) is 0 Å². The maximum absolute atomic E-state index is 15.0. The number of rotatable bonds is 10. The Bertz CT molecular complexity index is 914. The van der Waals surface area contributed by atoms with Gasteiger partial charge in [0.15, 0.2) is 0 Å². The van der Waals surface area contributed by atoms with Crippen LogP contribution < -0.4 is 5.32 Å². The summed E-state index contributed by atoms with van der Waals surface area (Å²) in [6.07, 6.45) is -0.187. The van der Waals surface area contributed by atoms with Crippen LogP contribution in [0, 0.1) is 17.5 Å². The van der Waals surface area contributed by atoms with Crippen molar-refractivity contribution >= 4 is 5.91 Å². The zero-order valence-corrected chi connectivity index (χ0v) is 18.7. The van der Waals surface area contributed by atoms with Crippen LogP contribution in [0.5, 0.6) is 0 Å². The molecule has 8 heteroatoms. The van der Waals surface area contributed by atoms with Crippen LogP contribution in [0.4, 0.5) is 22.0 Å². The summed E-state index contributed by atoms with van der Waals surface area (Å²) >= 11 is 0. The Balaban J connectivity index is 2.27. The molecule has 0 aromatic heterocycles. The highest BCUT2D eigenvalue weighted by atomic mass is 19.3. The first-order valence-corrected chi connectivity index (χ1v) is 10.6. The highest BCUT2D eigenvalue weighted by Gasteiger charge is 2.43. The lowest BCUT2D eigenvalue weighted by atomic mass is 9.97. The SMILES string of the molecule is CCCN(C)[C@@H](C)[C@@H](NC(=O)Cc1cccc(-c2cc(F)cc(F)c2)c1F)C(F)(F)CC. The number of nitrogens with zero attached hydrogens (tertiary/aromatic N) is 1. The lowest BCUT2D eigenvalue weighted by Gasteiger charge is -2.36. The van der Waals surface area contributed by atoms with Crippen LogP contribution in [0.25, 0.3) is 11.1 Å². The minimum absolute atomic E-state index is 0.0209. The molecule has 32 heavy (non-hydrogen) atoms. The monoisotopic (exact) mass is 456 g/mol. The molecule has 0 unspecified atom stereocenters. The summed E-state index contributed by atoms with van der Waals surface area (Å²) in [7, 11) is 1.71. The number of likely N-dealkylation sites (N-methyl/N-ethyl adjacent to an activating group) is 1. The zero-order chi connectivity index (χ0) is 24.1. The second kappa shape index (κ2) is 10.9. The van der Waals surface area contributed by atoms with E-state index in [-0.39, 0.29) is 16.7 Å². The molecule has 2 aromatic rings. The fourth-order valence-electron chi connectivity index (χ4n) is 3.66. The number of hydrogen-bond donors (Lipinski definition) is 1. The molecule has 0 aliphatic carbocycles. The van der Waals surface area contributed by atoms with E-state index >= 15 is 4.39 Å². The van der Waals surface area contributed by atoms with Crippen molar-refractivity contribution in [2.24, 2.45) is 0 Å². The first-order valence-electron chi connectivity index (χ1n) is 10.6. The van der Waals surface area contributed by atoms with Gasteiger partial charge in [0.2, 0.25) is 5.91 Å². The standard InChI is InChI=1S/C24H29F5N2O/c1-5-10-31(4)15(3)23(24(28,29)6-2)30-21(32)13-16-8-7-9-20(22(16)27)17-11-18(25)14-19(26)12-17/h7-9,11-12,14-15,23H,5-6,10,13H2,1-4H3,(H,30,32)/t15-,23+/m0/s1. The van der Waals surface area contributed by atoms with Crippen molar-refractivity contribution in [1.82, 2.24) is 10.2 Å². The van der Waals surface area contributed by atoms with E-state index in [1.807, 2.05) is 6.92 Å². The number of carbonyl (C=O) groups excluding carboxylic acids is 1. The minimum Gasteiger partial charge on any atom is -0.345 e. The van der Waals surface area contributed by atoms with Crippen molar-refractivity contribution in [2.45, 2.75) is 58.0 Å². The topological polar surface area (TPSA) is 32.3 Å². The molecule has 0 radical (unpaired) electrons. The first-order chi connectivity index (χ1) is 15.0. The van der Waals surface area contributed by atoms with Gasteiger partial charge >= 0.3 is 0 Å². The van der Waals surface area contributed by atoms with E-state index in [0.717, 1.165) is 18.6 Å². The van der Waals surface area contributed by atoms with E-state index in [0.29, 0.717) is 12.6 Å². The van der Waals surface area contributed by atoms with Gasteiger partial charge in [0.05, 0.1) is 6.42 Å². The second-order valence-electron chi connectivity index (χ2n) is 7.99. The number of halogens is 5. The van der Waals surface area contributed by atoms with E-state index in [2.05, 4.69) is 5.32 Å². The van der Waals surface area contributed by atoms with E-state index in [1.54, 1.807) is 18.9 Å². The molecular weight excluding hydrogens is 427 g/mol. The molecule has 0 spiro atoms. The molecule has 2 atom stereocenters. The van der Waals surface area contributed by atoms with Crippen molar-refractivity contribution in [1.29, 1.82) is 0 Å². The average Bonchev–Trinajstić information content (AvgIpc) is 2.72. The minimum atomic E-state index is -3.16.